The van der Waals surface area contributed by atoms with Gasteiger partial charge < -0.3 is 10.1 Å². The number of ether oxygens (including phenoxy) is 1. The van der Waals surface area contributed by atoms with Crippen LogP contribution in [0.15, 0.2) is 24.3 Å². The average Bonchev–Trinajstić information content (AvgIpc) is 2.04. The fourth-order valence-electron chi connectivity index (χ4n) is 1.13. The summed E-state index contributed by atoms with van der Waals surface area (Å²) >= 11 is 0. The van der Waals surface area contributed by atoms with Crippen molar-refractivity contribution >= 4 is 5.69 Å². The molecule has 1 aromatic rings. The van der Waals surface area contributed by atoms with Crippen molar-refractivity contribution in [2.75, 3.05) is 11.9 Å². The van der Waals surface area contributed by atoms with Gasteiger partial charge in [0.1, 0.15) is 5.75 Å². The highest BCUT2D eigenvalue weighted by Crippen LogP contribution is 2.26. The number of rotatable bonds is 0. The molecule has 3 N–H and O–H groups in total. The van der Waals surface area contributed by atoms with Crippen LogP contribution in [0.1, 0.15) is 0 Å². The Morgan fingerprint density at radius 2 is 2.27 bits per heavy atom. The minimum atomic E-state index is -0.218. The monoisotopic (exact) mass is 150 g/mol. The first-order chi connectivity index (χ1) is 5.36. The lowest BCUT2D eigenvalue weighted by molar-refractivity contribution is 0.214. The molecule has 0 bridgehead atoms. The summed E-state index contributed by atoms with van der Waals surface area (Å²) in [5.41, 5.74) is 6.59. The average molecular weight is 150 g/mol. The molecule has 0 saturated heterocycles. The van der Waals surface area contributed by atoms with Gasteiger partial charge in [-0.2, -0.15) is 0 Å². The molecule has 11 heavy (non-hydrogen) atoms. The van der Waals surface area contributed by atoms with Gasteiger partial charge in [0, 0.05) is 0 Å². The Kier molecular flexibility index (Phi) is 1.43. The van der Waals surface area contributed by atoms with Gasteiger partial charge in [-0.05, 0) is 12.1 Å². The van der Waals surface area contributed by atoms with E-state index in [0.29, 0.717) is 6.54 Å². The van der Waals surface area contributed by atoms with Crippen LogP contribution in [0.3, 0.4) is 0 Å². The van der Waals surface area contributed by atoms with E-state index in [4.69, 9.17) is 10.5 Å². The van der Waals surface area contributed by atoms with E-state index < -0.39 is 0 Å². The van der Waals surface area contributed by atoms with Crippen molar-refractivity contribution in [3.05, 3.63) is 24.3 Å². The Balaban J connectivity index is 2.34. The van der Waals surface area contributed by atoms with E-state index in [1.54, 1.807) is 0 Å². The Morgan fingerprint density at radius 1 is 1.45 bits per heavy atom. The predicted octanol–water partition coefficient (Wildman–Crippen LogP) is 0.776. The largest absolute Gasteiger partial charge is 0.472 e. The second-order valence-electron chi connectivity index (χ2n) is 2.53. The van der Waals surface area contributed by atoms with Gasteiger partial charge in [-0.25, -0.2) is 0 Å². The first-order valence-electron chi connectivity index (χ1n) is 3.61. The highest BCUT2D eigenvalue weighted by atomic mass is 16.5. The maximum Gasteiger partial charge on any atom is 0.165 e. The molecule has 1 aliphatic heterocycles. The molecule has 1 aliphatic rings. The molecule has 1 unspecified atom stereocenters. The number of fused-ring (bicyclic) bond motifs is 1. The third-order valence-corrected chi connectivity index (χ3v) is 1.66. The minimum absolute atomic E-state index is 0.218. The summed E-state index contributed by atoms with van der Waals surface area (Å²) in [6, 6.07) is 7.77. The van der Waals surface area contributed by atoms with Crippen molar-refractivity contribution in [1.82, 2.24) is 0 Å². The summed E-state index contributed by atoms with van der Waals surface area (Å²) in [6.07, 6.45) is -0.218. The van der Waals surface area contributed by atoms with Crippen molar-refractivity contribution < 1.29 is 4.74 Å². The first kappa shape index (κ1) is 6.49. The number of nitrogens with two attached hydrogens (primary N) is 1. The third-order valence-electron chi connectivity index (χ3n) is 1.66. The molecule has 1 atom stereocenters. The van der Waals surface area contributed by atoms with Crippen molar-refractivity contribution in [2.24, 2.45) is 5.73 Å². The lowest BCUT2D eigenvalue weighted by Crippen LogP contribution is -2.38. The second kappa shape index (κ2) is 2.43. The summed E-state index contributed by atoms with van der Waals surface area (Å²) in [4.78, 5) is 0. The van der Waals surface area contributed by atoms with Crippen LogP contribution in [-0.4, -0.2) is 12.8 Å². The van der Waals surface area contributed by atoms with Crippen molar-refractivity contribution in [3.63, 3.8) is 0 Å². The Bertz CT molecular complexity index is 262. The van der Waals surface area contributed by atoms with Crippen molar-refractivity contribution in [2.45, 2.75) is 6.23 Å². The molecular weight excluding hydrogens is 140 g/mol. The number of anilines is 1. The highest BCUT2D eigenvalue weighted by molar-refractivity contribution is 5.57. The molecule has 2 rings (SSSR count). The van der Waals surface area contributed by atoms with E-state index >= 15 is 0 Å². The third kappa shape index (κ3) is 1.14. The zero-order chi connectivity index (χ0) is 7.68. The van der Waals surface area contributed by atoms with Gasteiger partial charge in [-0.1, -0.05) is 12.1 Å². The normalized spacial score (nSPS) is 21.4. The Labute approximate surface area is 65.2 Å². The first-order valence-corrected chi connectivity index (χ1v) is 3.61. The number of nitrogens with one attached hydrogen (secondary N) is 1. The van der Waals surface area contributed by atoms with Crippen molar-refractivity contribution in [3.8, 4) is 5.75 Å². The van der Waals surface area contributed by atoms with Crippen LogP contribution in [0, 0.1) is 0 Å². The number of para-hydroxylation sites is 2. The van der Waals surface area contributed by atoms with E-state index in [0.717, 1.165) is 11.4 Å². The van der Waals surface area contributed by atoms with Crippen LogP contribution in [0.4, 0.5) is 5.69 Å². The molecule has 0 aromatic heterocycles. The van der Waals surface area contributed by atoms with Gasteiger partial charge >= 0.3 is 0 Å². The molecule has 0 radical (unpaired) electrons. The zero-order valence-electron chi connectivity index (χ0n) is 6.08. The summed E-state index contributed by atoms with van der Waals surface area (Å²) in [5.74, 6) is 0.839. The van der Waals surface area contributed by atoms with E-state index in [9.17, 15) is 0 Å². The van der Waals surface area contributed by atoms with Gasteiger partial charge in [0.2, 0.25) is 0 Å². The van der Waals surface area contributed by atoms with Gasteiger partial charge in [-0.15, -0.1) is 0 Å². The van der Waals surface area contributed by atoms with Gasteiger partial charge in [0.15, 0.2) is 6.23 Å². The standard InChI is InChI=1S/C8H10N2O/c9-8-5-10-6-3-1-2-4-7(6)11-8/h1-4,8,10H,5,9H2. The van der Waals surface area contributed by atoms with Crippen LogP contribution in [-0.2, 0) is 0 Å². The molecule has 3 nitrogen and oxygen atoms in total. The van der Waals surface area contributed by atoms with Crippen LogP contribution < -0.4 is 15.8 Å². The Hall–Kier alpha value is -1.22. The molecule has 0 aliphatic carbocycles. The molecule has 3 heteroatoms. The summed E-state index contributed by atoms with van der Waals surface area (Å²) in [6.45, 7) is 0.678. The summed E-state index contributed by atoms with van der Waals surface area (Å²) < 4.78 is 5.35. The van der Waals surface area contributed by atoms with Crippen molar-refractivity contribution in [1.29, 1.82) is 0 Å². The number of hydrogen-bond donors (Lipinski definition) is 2. The highest BCUT2D eigenvalue weighted by Gasteiger charge is 2.13. The molecule has 0 saturated carbocycles. The van der Waals surface area contributed by atoms with E-state index in [1.807, 2.05) is 24.3 Å². The molecule has 1 aromatic carbocycles. The maximum atomic E-state index is 5.56. The SMILES string of the molecule is NC1CNc2ccccc2O1. The molecule has 0 amide bonds. The molecule has 1 heterocycles. The van der Waals surface area contributed by atoms with E-state index in [-0.39, 0.29) is 6.23 Å². The fourth-order valence-corrected chi connectivity index (χ4v) is 1.13. The second-order valence-corrected chi connectivity index (χ2v) is 2.53. The number of benzene rings is 1. The maximum absolute atomic E-state index is 5.56. The number of hydrogen-bond acceptors (Lipinski definition) is 3. The Morgan fingerprint density at radius 3 is 3.18 bits per heavy atom. The fraction of sp³-hybridized carbons (Fsp3) is 0.250. The predicted molar refractivity (Wildman–Crippen MR) is 43.5 cm³/mol. The molecular formula is C8H10N2O. The lowest BCUT2D eigenvalue weighted by atomic mass is 10.2. The molecule has 0 fully saturated rings. The van der Waals surface area contributed by atoms with Crippen LogP contribution in [0.25, 0.3) is 0 Å². The van der Waals surface area contributed by atoms with Crippen LogP contribution in [0.2, 0.25) is 0 Å². The van der Waals surface area contributed by atoms with E-state index in [2.05, 4.69) is 5.32 Å². The molecule has 0 spiro atoms. The molecule has 58 valence electrons. The minimum Gasteiger partial charge on any atom is -0.472 e. The smallest absolute Gasteiger partial charge is 0.165 e. The summed E-state index contributed by atoms with van der Waals surface area (Å²) in [7, 11) is 0. The van der Waals surface area contributed by atoms with Gasteiger partial charge in [0.05, 0.1) is 12.2 Å². The zero-order valence-corrected chi connectivity index (χ0v) is 6.08. The van der Waals surface area contributed by atoms with Gasteiger partial charge in [0.25, 0.3) is 0 Å². The lowest BCUT2D eigenvalue weighted by Gasteiger charge is -2.23. The van der Waals surface area contributed by atoms with Gasteiger partial charge in [-0.3, -0.25) is 5.73 Å². The van der Waals surface area contributed by atoms with Crippen LogP contribution >= 0.6 is 0 Å². The summed E-state index contributed by atoms with van der Waals surface area (Å²) in [5, 5.41) is 3.16. The van der Waals surface area contributed by atoms with E-state index in [1.165, 1.54) is 0 Å². The quantitative estimate of drug-likeness (QED) is 0.574. The topological polar surface area (TPSA) is 47.3 Å². The van der Waals surface area contributed by atoms with Crippen LogP contribution in [0.5, 0.6) is 5.75 Å².